The van der Waals surface area contributed by atoms with Crippen LogP contribution in [0, 0.1) is 13.8 Å². The number of rotatable bonds is 8. The van der Waals surface area contributed by atoms with Gasteiger partial charge in [-0.2, -0.15) is 0 Å². The molecule has 7 nitrogen and oxygen atoms in total. The van der Waals surface area contributed by atoms with Gasteiger partial charge >= 0.3 is 0 Å². The van der Waals surface area contributed by atoms with Crippen LogP contribution in [-0.4, -0.2) is 32.1 Å². The number of benzene rings is 2. The zero-order valence-electron chi connectivity index (χ0n) is 18.5. The molecule has 1 heterocycles. The molecule has 3 aromatic rings. The van der Waals surface area contributed by atoms with Gasteiger partial charge in [0.05, 0.1) is 11.3 Å². The zero-order chi connectivity index (χ0) is 22.7. The molecule has 0 spiro atoms. The summed E-state index contributed by atoms with van der Waals surface area (Å²) < 4.78 is 33.2. The molecule has 1 amide bonds. The third kappa shape index (κ3) is 5.19. The summed E-state index contributed by atoms with van der Waals surface area (Å²) in [5.41, 5.74) is 4.43. The number of carbonyl (C=O) groups is 1. The molecule has 170 valence electrons. The summed E-state index contributed by atoms with van der Waals surface area (Å²) in [5, 5.41) is 7.88. The van der Waals surface area contributed by atoms with E-state index in [0.717, 1.165) is 47.8 Å². The number of nitrogens with one attached hydrogen (secondary N) is 2. The van der Waals surface area contributed by atoms with Crippen LogP contribution in [-0.2, 0) is 27.7 Å². The first kappa shape index (κ1) is 22.5. The third-order valence-corrected chi connectivity index (χ3v) is 7.50. The first-order valence-corrected chi connectivity index (χ1v) is 12.5. The second-order valence-corrected chi connectivity index (χ2v) is 10.3. The Morgan fingerprint density at radius 3 is 2.56 bits per heavy atom. The highest BCUT2D eigenvalue weighted by atomic mass is 32.2. The summed E-state index contributed by atoms with van der Waals surface area (Å²) in [6.07, 6.45) is 4.72. The molecule has 0 unspecified atom stereocenters. The van der Waals surface area contributed by atoms with E-state index in [2.05, 4.69) is 15.2 Å². The van der Waals surface area contributed by atoms with Crippen LogP contribution in [0.15, 0.2) is 45.8 Å². The quantitative estimate of drug-likeness (QED) is 0.541. The topological polar surface area (TPSA) is 101 Å². The van der Waals surface area contributed by atoms with Crippen LogP contribution < -0.4 is 10.0 Å². The fraction of sp³-hybridized carbons (Fsp3) is 0.417. The van der Waals surface area contributed by atoms with Gasteiger partial charge in [0.15, 0.2) is 5.58 Å². The van der Waals surface area contributed by atoms with Gasteiger partial charge in [-0.1, -0.05) is 36.2 Å². The van der Waals surface area contributed by atoms with Crippen LogP contribution in [0.3, 0.4) is 0 Å². The molecule has 1 aromatic heterocycles. The van der Waals surface area contributed by atoms with Crippen molar-refractivity contribution >= 4 is 26.9 Å². The molecule has 4 rings (SSSR count). The van der Waals surface area contributed by atoms with Crippen LogP contribution in [0.1, 0.15) is 48.1 Å². The Hall–Kier alpha value is -2.71. The average Bonchev–Trinajstić information content (AvgIpc) is 3.38. The fourth-order valence-corrected chi connectivity index (χ4v) is 5.67. The van der Waals surface area contributed by atoms with Crippen molar-refractivity contribution in [2.45, 2.75) is 63.3 Å². The molecule has 2 aromatic carbocycles. The Morgan fingerprint density at radius 1 is 1.12 bits per heavy atom. The number of sulfonamides is 1. The molecular weight excluding hydrogens is 426 g/mol. The molecule has 32 heavy (non-hydrogen) atoms. The van der Waals surface area contributed by atoms with Crippen molar-refractivity contribution in [3.8, 4) is 0 Å². The summed E-state index contributed by atoms with van der Waals surface area (Å²) in [6, 6.07) is 10.9. The number of fused-ring (bicyclic) bond motifs is 1. The monoisotopic (exact) mass is 455 g/mol. The van der Waals surface area contributed by atoms with E-state index in [4.69, 9.17) is 4.52 Å². The van der Waals surface area contributed by atoms with E-state index in [1.54, 1.807) is 24.3 Å². The van der Waals surface area contributed by atoms with E-state index in [9.17, 15) is 13.2 Å². The van der Waals surface area contributed by atoms with Crippen molar-refractivity contribution in [1.29, 1.82) is 0 Å². The second-order valence-electron chi connectivity index (χ2n) is 8.61. The van der Waals surface area contributed by atoms with Crippen molar-refractivity contribution in [2.75, 3.05) is 6.54 Å². The summed E-state index contributed by atoms with van der Waals surface area (Å²) >= 11 is 0. The first-order chi connectivity index (χ1) is 15.3. The number of hydrogen-bond acceptors (Lipinski definition) is 5. The number of amides is 1. The summed E-state index contributed by atoms with van der Waals surface area (Å²) in [4.78, 5) is 12.7. The van der Waals surface area contributed by atoms with Gasteiger partial charge in [-0.25, -0.2) is 13.1 Å². The van der Waals surface area contributed by atoms with Gasteiger partial charge in [-0.05, 0) is 68.0 Å². The lowest BCUT2D eigenvalue weighted by atomic mass is 10.0. The van der Waals surface area contributed by atoms with Crippen LogP contribution in [0.4, 0.5) is 0 Å². The van der Waals surface area contributed by atoms with Crippen LogP contribution in [0.2, 0.25) is 0 Å². The van der Waals surface area contributed by atoms with E-state index >= 15 is 0 Å². The fourth-order valence-electron chi connectivity index (χ4n) is 4.37. The van der Waals surface area contributed by atoms with Crippen LogP contribution in [0.5, 0.6) is 0 Å². The number of carbonyl (C=O) groups excluding carboxylic acids is 1. The summed E-state index contributed by atoms with van der Waals surface area (Å²) in [6.45, 7) is 4.44. The number of hydrogen-bond donors (Lipinski definition) is 2. The Morgan fingerprint density at radius 2 is 1.84 bits per heavy atom. The summed E-state index contributed by atoms with van der Waals surface area (Å²) in [5.74, 6) is -0.125. The van der Waals surface area contributed by atoms with E-state index in [-0.39, 0.29) is 23.3 Å². The minimum absolute atomic E-state index is 0.0459. The molecule has 0 aliphatic heterocycles. The van der Waals surface area contributed by atoms with Crippen molar-refractivity contribution < 1.29 is 17.7 Å². The first-order valence-electron chi connectivity index (χ1n) is 11.1. The van der Waals surface area contributed by atoms with Crippen molar-refractivity contribution in [3.05, 3.63) is 58.8 Å². The molecule has 1 aliphatic carbocycles. The Kier molecular flexibility index (Phi) is 6.62. The molecular formula is C24H29N3O4S. The van der Waals surface area contributed by atoms with E-state index < -0.39 is 10.0 Å². The van der Waals surface area contributed by atoms with E-state index in [1.807, 2.05) is 26.0 Å². The van der Waals surface area contributed by atoms with Gasteiger partial charge in [0, 0.05) is 18.0 Å². The number of aryl methyl sites for hydroxylation is 2. The lowest BCUT2D eigenvalue weighted by molar-refractivity contribution is -0.120. The Balaban J connectivity index is 1.29. The van der Waals surface area contributed by atoms with Gasteiger partial charge in [0.1, 0.15) is 5.69 Å². The molecule has 2 N–H and O–H groups in total. The highest BCUT2D eigenvalue weighted by molar-refractivity contribution is 7.89. The average molecular weight is 456 g/mol. The maximum Gasteiger partial charge on any atom is 0.240 e. The summed E-state index contributed by atoms with van der Waals surface area (Å²) in [7, 11) is -3.48. The standard InChI is InChI=1S/C24H29N3O4S/c1-16-13-17(2)24-21(26-31-22(24)14-16)15-23(28)25-12-11-18-7-9-20(10-8-18)32(29,30)27-19-5-3-4-6-19/h7-10,13-14,19,27H,3-6,11-12,15H2,1-2H3,(H,25,28). The lowest BCUT2D eigenvalue weighted by Gasteiger charge is -2.13. The van der Waals surface area contributed by atoms with Gasteiger partial charge < -0.3 is 9.84 Å². The van der Waals surface area contributed by atoms with Gasteiger partial charge in [-0.15, -0.1) is 0 Å². The maximum absolute atomic E-state index is 12.5. The normalized spacial score (nSPS) is 14.8. The highest BCUT2D eigenvalue weighted by Crippen LogP contribution is 2.24. The van der Waals surface area contributed by atoms with Crippen LogP contribution >= 0.6 is 0 Å². The van der Waals surface area contributed by atoms with E-state index in [0.29, 0.717) is 24.2 Å². The molecule has 0 atom stereocenters. The predicted molar refractivity (Wildman–Crippen MR) is 123 cm³/mol. The van der Waals surface area contributed by atoms with E-state index in [1.165, 1.54) is 0 Å². The maximum atomic E-state index is 12.5. The predicted octanol–water partition coefficient (Wildman–Crippen LogP) is 3.57. The minimum atomic E-state index is -3.48. The smallest absolute Gasteiger partial charge is 0.240 e. The van der Waals surface area contributed by atoms with Crippen molar-refractivity contribution in [1.82, 2.24) is 15.2 Å². The molecule has 1 aliphatic rings. The highest BCUT2D eigenvalue weighted by Gasteiger charge is 2.22. The van der Waals surface area contributed by atoms with Crippen molar-refractivity contribution in [2.24, 2.45) is 0 Å². The molecule has 0 saturated heterocycles. The molecule has 1 saturated carbocycles. The minimum Gasteiger partial charge on any atom is -0.356 e. The van der Waals surface area contributed by atoms with Gasteiger partial charge in [0.25, 0.3) is 0 Å². The molecule has 0 radical (unpaired) electrons. The lowest BCUT2D eigenvalue weighted by Crippen LogP contribution is -2.32. The molecule has 0 bridgehead atoms. The Bertz CT molecular complexity index is 1210. The third-order valence-electron chi connectivity index (χ3n) is 5.96. The molecule has 1 fully saturated rings. The SMILES string of the molecule is Cc1cc(C)c2c(CC(=O)NCCc3ccc(S(=O)(=O)NC4CCCC4)cc3)noc2c1. The largest absolute Gasteiger partial charge is 0.356 e. The number of aromatic nitrogens is 1. The number of nitrogens with zero attached hydrogens (tertiary/aromatic N) is 1. The second kappa shape index (κ2) is 9.42. The Labute approximate surface area is 188 Å². The van der Waals surface area contributed by atoms with Crippen molar-refractivity contribution in [3.63, 3.8) is 0 Å². The molecule has 8 heteroatoms. The van der Waals surface area contributed by atoms with Crippen LogP contribution in [0.25, 0.3) is 11.0 Å². The van der Waals surface area contributed by atoms with Gasteiger partial charge in [0.2, 0.25) is 15.9 Å². The zero-order valence-corrected chi connectivity index (χ0v) is 19.3. The van der Waals surface area contributed by atoms with Gasteiger partial charge in [-0.3, -0.25) is 4.79 Å².